The molecule has 0 heterocycles. The van der Waals surface area contributed by atoms with Crippen LogP contribution in [0.15, 0.2) is 42.5 Å². The quantitative estimate of drug-likeness (QED) is 0.907. The molecule has 6 heteroatoms. The van der Waals surface area contributed by atoms with Crippen LogP contribution < -0.4 is 10.1 Å². The first-order valence-corrected chi connectivity index (χ1v) is 6.00. The summed E-state index contributed by atoms with van der Waals surface area (Å²) in [6.45, 7) is 0. The maximum Gasteiger partial charge on any atom is 0.336 e. The van der Waals surface area contributed by atoms with Crippen LogP contribution in [0.4, 0.5) is 10.1 Å². The molecule has 0 aliphatic heterocycles. The first kappa shape index (κ1) is 14.5. The molecule has 5 nitrogen and oxygen atoms in total. The average molecular weight is 289 g/mol. The Kier molecular flexibility index (Phi) is 4.18. The minimum atomic E-state index is -1.20. The van der Waals surface area contributed by atoms with Gasteiger partial charge in [0.1, 0.15) is 11.6 Å². The highest BCUT2D eigenvalue weighted by molar-refractivity contribution is 6.11. The lowest BCUT2D eigenvalue weighted by Gasteiger charge is -2.11. The van der Waals surface area contributed by atoms with Crippen LogP contribution in [0.2, 0.25) is 0 Å². The van der Waals surface area contributed by atoms with E-state index in [-0.39, 0.29) is 22.6 Å². The lowest BCUT2D eigenvalue weighted by atomic mass is 10.1. The van der Waals surface area contributed by atoms with Gasteiger partial charge in [0, 0.05) is 6.07 Å². The van der Waals surface area contributed by atoms with Crippen molar-refractivity contribution < 1.29 is 23.8 Å². The largest absolute Gasteiger partial charge is 0.494 e. The van der Waals surface area contributed by atoms with Crippen LogP contribution >= 0.6 is 0 Å². The normalized spacial score (nSPS) is 10.0. The molecule has 0 radical (unpaired) electrons. The van der Waals surface area contributed by atoms with Gasteiger partial charge in [-0.2, -0.15) is 0 Å². The Morgan fingerprint density at radius 1 is 1.14 bits per heavy atom. The summed E-state index contributed by atoms with van der Waals surface area (Å²) >= 11 is 0. The Morgan fingerprint density at radius 2 is 1.81 bits per heavy atom. The molecule has 2 N–H and O–H groups in total. The lowest BCUT2D eigenvalue weighted by molar-refractivity contribution is 0.0692. The SMILES string of the molecule is COc1cc(F)ccc1NC(=O)c1ccccc1C(=O)O. The molecule has 0 saturated carbocycles. The first-order chi connectivity index (χ1) is 10.0. The molecule has 0 fully saturated rings. The number of carbonyl (C=O) groups is 2. The van der Waals surface area contributed by atoms with Crippen LogP contribution in [-0.2, 0) is 0 Å². The molecule has 0 aliphatic carbocycles. The summed E-state index contributed by atoms with van der Waals surface area (Å²) in [5.74, 6) is -2.17. The number of carboxylic acid groups (broad SMARTS) is 1. The minimum absolute atomic E-state index is 0.0105. The van der Waals surface area contributed by atoms with Crippen LogP contribution in [0.5, 0.6) is 5.75 Å². The van der Waals surface area contributed by atoms with Crippen LogP contribution in [0.1, 0.15) is 20.7 Å². The van der Waals surface area contributed by atoms with Crippen LogP contribution in [0.3, 0.4) is 0 Å². The molecule has 1 amide bonds. The predicted octanol–water partition coefficient (Wildman–Crippen LogP) is 2.78. The Morgan fingerprint density at radius 3 is 2.43 bits per heavy atom. The Balaban J connectivity index is 2.33. The maximum atomic E-state index is 13.1. The third-order valence-electron chi connectivity index (χ3n) is 2.81. The molecule has 108 valence electrons. The number of hydrogen-bond donors (Lipinski definition) is 2. The summed E-state index contributed by atoms with van der Waals surface area (Å²) in [7, 11) is 1.34. The number of halogens is 1. The van der Waals surface area contributed by atoms with Crippen molar-refractivity contribution in [3.63, 3.8) is 0 Å². The van der Waals surface area contributed by atoms with E-state index in [0.29, 0.717) is 0 Å². The molecule has 0 aromatic heterocycles. The molecule has 0 bridgehead atoms. The van der Waals surface area contributed by atoms with Gasteiger partial charge in [-0.3, -0.25) is 4.79 Å². The summed E-state index contributed by atoms with van der Waals surface area (Å²) in [6, 6.07) is 9.45. The average Bonchev–Trinajstić information content (AvgIpc) is 2.48. The number of aromatic carboxylic acids is 1. The second-order valence-corrected chi connectivity index (χ2v) is 4.15. The van der Waals surface area contributed by atoms with Crippen molar-refractivity contribution in [2.75, 3.05) is 12.4 Å². The van der Waals surface area contributed by atoms with Gasteiger partial charge in [-0.05, 0) is 24.3 Å². The van der Waals surface area contributed by atoms with Crippen LogP contribution in [0, 0.1) is 5.82 Å². The Hall–Kier alpha value is -2.89. The van der Waals surface area contributed by atoms with Crippen molar-refractivity contribution >= 4 is 17.6 Å². The van der Waals surface area contributed by atoms with E-state index in [0.717, 1.165) is 6.07 Å². The summed E-state index contributed by atoms with van der Waals surface area (Å²) in [4.78, 5) is 23.3. The van der Waals surface area contributed by atoms with Gasteiger partial charge in [-0.1, -0.05) is 12.1 Å². The third kappa shape index (κ3) is 3.17. The first-order valence-electron chi connectivity index (χ1n) is 6.00. The lowest BCUT2D eigenvalue weighted by Crippen LogP contribution is -2.16. The van der Waals surface area contributed by atoms with Crippen LogP contribution in [-0.4, -0.2) is 24.1 Å². The summed E-state index contributed by atoms with van der Waals surface area (Å²) in [6.07, 6.45) is 0. The van der Waals surface area contributed by atoms with E-state index in [1.165, 1.54) is 37.4 Å². The molecule has 0 atom stereocenters. The van der Waals surface area contributed by atoms with Crippen molar-refractivity contribution in [3.8, 4) is 5.75 Å². The fraction of sp³-hybridized carbons (Fsp3) is 0.0667. The van der Waals surface area contributed by atoms with Crippen LogP contribution in [0.25, 0.3) is 0 Å². The molecule has 2 aromatic rings. The number of hydrogen-bond acceptors (Lipinski definition) is 3. The van der Waals surface area contributed by atoms with Gasteiger partial charge in [0.2, 0.25) is 0 Å². The van der Waals surface area contributed by atoms with E-state index >= 15 is 0 Å². The van der Waals surface area contributed by atoms with Crippen molar-refractivity contribution in [3.05, 3.63) is 59.4 Å². The van der Waals surface area contributed by atoms with E-state index in [1.54, 1.807) is 6.07 Å². The monoisotopic (exact) mass is 289 g/mol. The zero-order valence-corrected chi connectivity index (χ0v) is 11.1. The second-order valence-electron chi connectivity index (χ2n) is 4.15. The number of rotatable bonds is 4. The molecule has 2 rings (SSSR count). The molecule has 0 aliphatic rings. The number of anilines is 1. The molecular weight excluding hydrogens is 277 g/mol. The Labute approximate surface area is 120 Å². The highest BCUT2D eigenvalue weighted by Crippen LogP contribution is 2.25. The molecule has 0 saturated heterocycles. The number of nitrogens with one attached hydrogen (secondary N) is 1. The van der Waals surface area contributed by atoms with E-state index in [9.17, 15) is 14.0 Å². The number of amides is 1. The molecule has 0 unspecified atom stereocenters. The van der Waals surface area contributed by atoms with Crippen molar-refractivity contribution in [1.82, 2.24) is 0 Å². The summed E-state index contributed by atoms with van der Waals surface area (Å²) < 4.78 is 18.1. The fourth-order valence-corrected chi connectivity index (χ4v) is 1.83. The van der Waals surface area contributed by atoms with E-state index in [1.807, 2.05) is 0 Å². The van der Waals surface area contributed by atoms with E-state index in [4.69, 9.17) is 9.84 Å². The number of benzene rings is 2. The zero-order valence-electron chi connectivity index (χ0n) is 11.1. The second kappa shape index (κ2) is 6.04. The third-order valence-corrected chi connectivity index (χ3v) is 2.81. The van der Waals surface area contributed by atoms with Gasteiger partial charge >= 0.3 is 5.97 Å². The fourth-order valence-electron chi connectivity index (χ4n) is 1.83. The van der Waals surface area contributed by atoms with E-state index < -0.39 is 17.7 Å². The predicted molar refractivity (Wildman–Crippen MR) is 74.3 cm³/mol. The molecular formula is C15H12FNO4. The van der Waals surface area contributed by atoms with Gasteiger partial charge in [-0.25, -0.2) is 9.18 Å². The topological polar surface area (TPSA) is 75.6 Å². The highest BCUT2D eigenvalue weighted by Gasteiger charge is 2.17. The standard InChI is InChI=1S/C15H12FNO4/c1-21-13-8-9(16)6-7-12(13)17-14(18)10-4-2-3-5-11(10)15(19)20/h2-8H,1H3,(H,17,18)(H,19,20). The number of carboxylic acids is 1. The van der Waals surface area contributed by atoms with Crippen molar-refractivity contribution in [2.45, 2.75) is 0 Å². The molecule has 21 heavy (non-hydrogen) atoms. The number of methoxy groups -OCH3 is 1. The number of carbonyl (C=O) groups excluding carboxylic acids is 1. The van der Waals surface area contributed by atoms with Gasteiger partial charge in [0.15, 0.2) is 0 Å². The molecule has 2 aromatic carbocycles. The Bertz CT molecular complexity index is 700. The van der Waals surface area contributed by atoms with Gasteiger partial charge in [0.05, 0.1) is 23.9 Å². The summed E-state index contributed by atoms with van der Waals surface area (Å²) in [5, 5.41) is 11.6. The highest BCUT2D eigenvalue weighted by atomic mass is 19.1. The van der Waals surface area contributed by atoms with E-state index in [2.05, 4.69) is 5.32 Å². The van der Waals surface area contributed by atoms with Crippen molar-refractivity contribution in [1.29, 1.82) is 0 Å². The van der Waals surface area contributed by atoms with Crippen molar-refractivity contribution in [2.24, 2.45) is 0 Å². The number of ether oxygens (including phenoxy) is 1. The zero-order chi connectivity index (χ0) is 15.4. The minimum Gasteiger partial charge on any atom is -0.494 e. The molecule has 0 spiro atoms. The van der Waals surface area contributed by atoms with Gasteiger partial charge in [-0.15, -0.1) is 0 Å². The van der Waals surface area contributed by atoms with Gasteiger partial charge in [0.25, 0.3) is 5.91 Å². The maximum absolute atomic E-state index is 13.1. The summed E-state index contributed by atoms with van der Waals surface area (Å²) in [5.41, 5.74) is 0.150. The van der Waals surface area contributed by atoms with Gasteiger partial charge < -0.3 is 15.2 Å². The smallest absolute Gasteiger partial charge is 0.336 e.